The monoisotopic (exact) mass is 1180 g/mol. The molecule has 19 heteroatoms. The molecule has 434 valence electrons. The van der Waals surface area contributed by atoms with Crippen molar-refractivity contribution < 1.29 is 33.0 Å². The predicted octanol–water partition coefficient (Wildman–Crippen LogP) is 5.28. The third-order valence-corrected chi connectivity index (χ3v) is 18.3. The van der Waals surface area contributed by atoms with Crippen molar-refractivity contribution in [3.05, 3.63) is 194 Å². The van der Waals surface area contributed by atoms with E-state index in [-0.39, 0.29) is 13.8 Å². The minimum Gasteiger partial charge on any atom is -0.525 e. The highest BCUT2D eigenvalue weighted by Gasteiger charge is 2.32. The first-order valence-electron chi connectivity index (χ1n) is 29.8. The molecule has 13 nitrogen and oxygen atoms in total. The Kier molecular flexibility index (Phi) is 20.1. The molecule has 2 aromatic heterocycles. The van der Waals surface area contributed by atoms with Crippen molar-refractivity contribution in [2.24, 2.45) is 17.2 Å². The molecular weight excluding hydrogens is 1110 g/mol. The lowest BCUT2D eigenvalue weighted by molar-refractivity contribution is -0.136. The molecule has 0 spiro atoms. The number of carbonyl (C=O) groups is 3. The standard InChI is InChI=1S/C34H36B2N2O2S.C33H34B2N4O5S/c1-3-9-25(10-4-1)35(39-23-29-13-7-19-37-29)27-15-17-33-31(21-27)32-22-28(16-18-34(32)41-33)36(26-11-5-2-6-12-26)40-24-30-14-8-20-38-30;1-21(36)31(40)43-34(22-9-4-2-5-10-22)24-14-16-29-26(19-24)27-20-25(15-17-30(27)45-29)35(23-11-6-3-7-12-23)44-32(41)28(37)13-8-18-39-33(38)42/h1-6,9-12,15-18,21-22,29-30,37-38H,7-8,13-14,19-20,23-24H2;2-7,9-12,14-17,19-21,28H,8,13,18,36-37H2,1H3,(H3,38,39,42). The molecule has 4 heterocycles. The number of hydrogen-bond donors (Lipinski definition) is 6. The number of benzene rings is 8. The topological polar surface area (TPSA) is 202 Å². The van der Waals surface area contributed by atoms with Gasteiger partial charge in [-0.05, 0) is 148 Å². The zero-order valence-electron chi connectivity index (χ0n) is 48.3. The van der Waals surface area contributed by atoms with Gasteiger partial charge in [-0.1, -0.05) is 170 Å². The molecule has 2 aliphatic heterocycles. The fourth-order valence-electron chi connectivity index (χ4n) is 11.5. The maximum absolute atomic E-state index is 13.1. The van der Waals surface area contributed by atoms with Gasteiger partial charge in [0, 0.05) is 50.6 Å². The van der Waals surface area contributed by atoms with Crippen molar-refractivity contribution in [2.75, 3.05) is 32.8 Å². The highest BCUT2D eigenvalue weighted by atomic mass is 32.1. The van der Waals surface area contributed by atoms with E-state index in [1.165, 1.54) is 67.7 Å². The summed E-state index contributed by atoms with van der Waals surface area (Å²) in [5.74, 6) is -1.03. The van der Waals surface area contributed by atoms with E-state index in [0.29, 0.717) is 31.5 Å². The molecule has 2 aliphatic rings. The summed E-state index contributed by atoms with van der Waals surface area (Å²) in [7, 11) is 0. The van der Waals surface area contributed by atoms with Gasteiger partial charge in [0.2, 0.25) is 0 Å². The van der Waals surface area contributed by atoms with Gasteiger partial charge in [0.25, 0.3) is 0 Å². The Morgan fingerprint density at radius 3 is 1.19 bits per heavy atom. The fourth-order valence-corrected chi connectivity index (χ4v) is 13.7. The van der Waals surface area contributed by atoms with Crippen LogP contribution >= 0.6 is 22.7 Å². The third-order valence-electron chi connectivity index (χ3n) is 16.0. The predicted molar refractivity (Wildman–Crippen MR) is 359 cm³/mol. The minimum absolute atomic E-state index is 0.0968. The first-order valence-corrected chi connectivity index (χ1v) is 31.4. The van der Waals surface area contributed by atoms with Crippen LogP contribution < -0.4 is 76.9 Å². The molecular formula is C67H70B4N6O7S2. The summed E-state index contributed by atoms with van der Waals surface area (Å²) in [4.78, 5) is 36.7. The zero-order chi connectivity index (χ0) is 59.4. The quantitative estimate of drug-likeness (QED) is 0.0381. The lowest BCUT2D eigenvalue weighted by Crippen LogP contribution is -2.49. The SMILES string of the molecule is CC(N)C(=O)OB(c1ccccc1)c1ccc2sc3ccc(B(OC(=O)C(N)CCCNC(N)=O)c4ccccc4)cc3c2c1.c1ccc(B(OCC2CCCN2)c2ccc3sc4ccc(B(OCC5CCCN5)c5ccccc5)cc4c3c2)cc1. The average Bonchev–Trinajstić information content (AvgIpc) is 2.36. The van der Waals surface area contributed by atoms with Gasteiger partial charge >= 0.3 is 45.6 Å². The number of nitrogens with two attached hydrogens (primary N) is 3. The first-order chi connectivity index (χ1) is 42.0. The van der Waals surface area contributed by atoms with E-state index >= 15 is 0 Å². The molecule has 8 aromatic carbocycles. The molecule has 4 atom stereocenters. The van der Waals surface area contributed by atoms with Gasteiger partial charge in [0.05, 0.1) is 6.04 Å². The molecule has 0 radical (unpaired) electrons. The Hall–Kier alpha value is -7.57. The molecule has 9 N–H and O–H groups in total. The van der Waals surface area contributed by atoms with Gasteiger partial charge in [-0.3, -0.25) is 9.59 Å². The molecule has 0 aliphatic carbocycles. The summed E-state index contributed by atoms with van der Waals surface area (Å²) in [6.45, 7) is 4.01. The maximum atomic E-state index is 13.1. The van der Waals surface area contributed by atoms with Crippen LogP contribution in [0.1, 0.15) is 45.4 Å². The van der Waals surface area contributed by atoms with Crippen LogP contribution in [0.2, 0.25) is 0 Å². The molecule has 2 saturated heterocycles. The summed E-state index contributed by atoms with van der Waals surface area (Å²) in [6, 6.07) is 64.8. The van der Waals surface area contributed by atoms with Crippen LogP contribution in [0, 0.1) is 0 Å². The van der Waals surface area contributed by atoms with Gasteiger partial charge in [-0.15, -0.1) is 22.7 Å². The van der Waals surface area contributed by atoms with Crippen LogP contribution in [-0.4, -0.2) is 103 Å². The van der Waals surface area contributed by atoms with Crippen molar-refractivity contribution in [1.82, 2.24) is 16.0 Å². The average molecular weight is 1180 g/mol. The van der Waals surface area contributed by atoms with Crippen LogP contribution in [-0.2, 0) is 28.2 Å². The van der Waals surface area contributed by atoms with Crippen LogP contribution in [0.3, 0.4) is 0 Å². The highest BCUT2D eigenvalue weighted by molar-refractivity contribution is 7.26. The van der Waals surface area contributed by atoms with Crippen molar-refractivity contribution in [3.63, 3.8) is 0 Å². The smallest absolute Gasteiger partial charge is 0.429 e. The summed E-state index contributed by atoms with van der Waals surface area (Å²) in [6.07, 6.45) is 5.62. The number of primary amides is 1. The zero-order valence-corrected chi connectivity index (χ0v) is 49.9. The molecule has 0 bridgehead atoms. The normalized spacial score (nSPS) is 15.4. The van der Waals surface area contributed by atoms with Crippen molar-refractivity contribution in [2.45, 2.75) is 69.6 Å². The highest BCUT2D eigenvalue weighted by Crippen LogP contribution is 2.34. The van der Waals surface area contributed by atoms with Gasteiger partial charge < -0.3 is 51.8 Å². The van der Waals surface area contributed by atoms with E-state index in [9.17, 15) is 14.4 Å². The Morgan fingerprint density at radius 1 is 0.500 bits per heavy atom. The second-order valence-electron chi connectivity index (χ2n) is 22.3. The van der Waals surface area contributed by atoms with Gasteiger partial charge in [-0.2, -0.15) is 0 Å². The van der Waals surface area contributed by atoms with E-state index in [2.05, 4.69) is 113 Å². The van der Waals surface area contributed by atoms with Gasteiger partial charge in [0.15, 0.2) is 0 Å². The first kappa shape index (κ1) is 60.1. The van der Waals surface area contributed by atoms with E-state index in [0.717, 1.165) is 68.3 Å². The van der Waals surface area contributed by atoms with E-state index in [1.807, 2.05) is 108 Å². The van der Waals surface area contributed by atoms with Crippen molar-refractivity contribution in [1.29, 1.82) is 0 Å². The summed E-state index contributed by atoms with van der Waals surface area (Å²) >= 11 is 3.51. The van der Waals surface area contributed by atoms with Crippen LogP contribution in [0.4, 0.5) is 4.79 Å². The van der Waals surface area contributed by atoms with E-state index in [1.54, 1.807) is 18.3 Å². The number of fused-ring (bicyclic) bond motifs is 6. The molecule has 0 saturated carbocycles. The molecule has 4 unspecified atom stereocenters. The minimum atomic E-state index is -0.868. The summed E-state index contributed by atoms with van der Waals surface area (Å²) in [5, 5.41) is 14.2. The Balaban J connectivity index is 0.000000179. The molecule has 2 amide bonds. The Labute approximate surface area is 512 Å². The number of thiophene rings is 2. The van der Waals surface area contributed by atoms with E-state index < -0.39 is 43.9 Å². The number of rotatable bonds is 22. The van der Waals surface area contributed by atoms with Crippen LogP contribution in [0.25, 0.3) is 40.3 Å². The van der Waals surface area contributed by atoms with Crippen LogP contribution in [0.5, 0.6) is 0 Å². The molecule has 12 rings (SSSR count). The van der Waals surface area contributed by atoms with Crippen molar-refractivity contribution in [3.8, 4) is 0 Å². The maximum Gasteiger partial charge on any atom is 0.429 e. The van der Waals surface area contributed by atoms with Gasteiger partial charge in [-0.25, -0.2) is 4.79 Å². The number of nitrogens with one attached hydrogen (secondary N) is 3. The second-order valence-corrected chi connectivity index (χ2v) is 24.5. The lowest BCUT2D eigenvalue weighted by atomic mass is 9.54. The number of urea groups is 1. The Bertz CT molecular complexity index is 3780. The molecule has 10 aromatic rings. The van der Waals surface area contributed by atoms with Gasteiger partial charge in [0.1, 0.15) is 6.04 Å². The van der Waals surface area contributed by atoms with E-state index in [4.69, 9.17) is 35.8 Å². The molecule has 2 fully saturated rings. The van der Waals surface area contributed by atoms with Crippen molar-refractivity contribution >= 4 is 152 Å². The fraction of sp³-hybridized carbons (Fsp3) is 0.239. The number of amides is 2. The summed E-state index contributed by atoms with van der Waals surface area (Å²) < 4.78 is 30.0. The molecule has 86 heavy (non-hydrogen) atoms. The summed E-state index contributed by atoms with van der Waals surface area (Å²) in [5.41, 5.74) is 25.2. The lowest BCUT2D eigenvalue weighted by Gasteiger charge is -2.19. The number of carbonyl (C=O) groups excluding carboxylic acids is 3. The number of hydrogen-bond acceptors (Lipinski definition) is 13. The third kappa shape index (κ3) is 14.8. The van der Waals surface area contributed by atoms with Crippen LogP contribution in [0.15, 0.2) is 194 Å². The second kappa shape index (κ2) is 28.7. The largest absolute Gasteiger partial charge is 0.525 e. The Morgan fingerprint density at radius 2 is 0.849 bits per heavy atom.